The third-order valence-corrected chi connectivity index (χ3v) is 3.73. The van der Waals surface area contributed by atoms with E-state index < -0.39 is 0 Å². The molecule has 0 aromatic heterocycles. The quantitative estimate of drug-likeness (QED) is 0.730. The van der Waals surface area contributed by atoms with Gasteiger partial charge in [-0.25, -0.2) is 4.79 Å². The van der Waals surface area contributed by atoms with Crippen molar-refractivity contribution < 1.29 is 9.53 Å². The number of carbonyl (C=O) groups excluding carboxylic acids is 1. The van der Waals surface area contributed by atoms with Crippen LogP contribution in [0.1, 0.15) is 38.5 Å². The molecule has 2 rings (SSSR count). The van der Waals surface area contributed by atoms with Crippen molar-refractivity contribution in [2.24, 2.45) is 11.7 Å². The maximum absolute atomic E-state index is 11.7. The number of cyclic esters (lactones) is 1. The van der Waals surface area contributed by atoms with Crippen LogP contribution in [0.15, 0.2) is 0 Å². The van der Waals surface area contributed by atoms with Crippen molar-refractivity contribution in [3.8, 4) is 0 Å². The van der Waals surface area contributed by atoms with E-state index in [1.54, 1.807) is 0 Å². The van der Waals surface area contributed by atoms with Gasteiger partial charge in [0.1, 0.15) is 0 Å². The minimum absolute atomic E-state index is 0.128. The van der Waals surface area contributed by atoms with E-state index >= 15 is 0 Å². The van der Waals surface area contributed by atoms with E-state index in [4.69, 9.17) is 10.5 Å². The maximum atomic E-state index is 11.7. The summed E-state index contributed by atoms with van der Waals surface area (Å²) < 4.78 is 5.20. The Kier molecular flexibility index (Phi) is 4.04. The van der Waals surface area contributed by atoms with Crippen molar-refractivity contribution in [1.82, 2.24) is 4.90 Å². The van der Waals surface area contributed by atoms with Crippen LogP contribution in [0.2, 0.25) is 0 Å². The number of nitrogens with zero attached hydrogens (tertiary/aromatic N) is 1. The average Bonchev–Trinajstić information content (AvgIpc) is 2.58. The number of hydrogen-bond acceptors (Lipinski definition) is 3. The highest BCUT2D eigenvalue weighted by Gasteiger charge is 2.31. The number of amides is 1. The van der Waals surface area contributed by atoms with Crippen LogP contribution >= 0.6 is 0 Å². The van der Waals surface area contributed by atoms with Gasteiger partial charge in [0.05, 0.1) is 6.61 Å². The van der Waals surface area contributed by atoms with Gasteiger partial charge < -0.3 is 15.4 Å². The molecule has 1 aliphatic heterocycles. The van der Waals surface area contributed by atoms with Gasteiger partial charge in [-0.05, 0) is 12.8 Å². The van der Waals surface area contributed by atoms with Gasteiger partial charge in [0.15, 0.2) is 0 Å². The van der Waals surface area contributed by atoms with Crippen molar-refractivity contribution in [2.45, 2.75) is 44.6 Å². The molecular formula is C12H22N2O2. The summed E-state index contributed by atoms with van der Waals surface area (Å²) in [5.74, 6) is 0.320. The van der Waals surface area contributed by atoms with Gasteiger partial charge in [0.25, 0.3) is 0 Å². The molecule has 1 saturated heterocycles. The highest BCUT2D eigenvalue weighted by Crippen LogP contribution is 2.25. The summed E-state index contributed by atoms with van der Waals surface area (Å²) in [5.41, 5.74) is 5.65. The Labute approximate surface area is 97.1 Å². The van der Waals surface area contributed by atoms with E-state index in [9.17, 15) is 4.79 Å². The van der Waals surface area contributed by atoms with Gasteiger partial charge >= 0.3 is 6.09 Å². The Hall–Kier alpha value is -0.770. The second kappa shape index (κ2) is 5.53. The molecule has 1 atom stereocenters. The predicted molar refractivity (Wildman–Crippen MR) is 62.1 cm³/mol. The Balaban J connectivity index is 1.96. The lowest BCUT2D eigenvalue weighted by Gasteiger charge is -2.37. The Bertz CT molecular complexity index is 237. The second-order valence-corrected chi connectivity index (χ2v) is 4.98. The summed E-state index contributed by atoms with van der Waals surface area (Å²) in [6.45, 7) is 1.90. The monoisotopic (exact) mass is 226 g/mol. The number of nitrogens with two attached hydrogens (primary N) is 1. The Morgan fingerprint density at radius 2 is 1.94 bits per heavy atom. The van der Waals surface area contributed by atoms with Crippen LogP contribution in [0.3, 0.4) is 0 Å². The van der Waals surface area contributed by atoms with Crippen LogP contribution in [0.25, 0.3) is 0 Å². The zero-order valence-corrected chi connectivity index (χ0v) is 9.86. The molecule has 4 heteroatoms. The van der Waals surface area contributed by atoms with E-state index in [2.05, 4.69) is 0 Å². The SMILES string of the molecule is NCC1COC(=O)N(C2CCCCCC2)C1. The fourth-order valence-corrected chi connectivity index (χ4v) is 2.69. The fourth-order valence-electron chi connectivity index (χ4n) is 2.69. The largest absolute Gasteiger partial charge is 0.449 e. The third kappa shape index (κ3) is 2.67. The van der Waals surface area contributed by atoms with E-state index in [0.29, 0.717) is 25.1 Å². The van der Waals surface area contributed by atoms with Crippen LogP contribution in [0, 0.1) is 5.92 Å². The molecule has 0 bridgehead atoms. The van der Waals surface area contributed by atoms with Gasteiger partial charge in [0, 0.05) is 25.0 Å². The molecule has 92 valence electrons. The highest BCUT2D eigenvalue weighted by atomic mass is 16.6. The summed E-state index contributed by atoms with van der Waals surface area (Å²) in [4.78, 5) is 13.7. The molecular weight excluding hydrogens is 204 g/mol. The molecule has 1 aliphatic carbocycles. The van der Waals surface area contributed by atoms with Crippen molar-refractivity contribution in [3.05, 3.63) is 0 Å². The zero-order valence-electron chi connectivity index (χ0n) is 9.86. The van der Waals surface area contributed by atoms with Crippen LogP contribution in [0.4, 0.5) is 4.79 Å². The lowest BCUT2D eigenvalue weighted by atomic mass is 10.0. The van der Waals surface area contributed by atoms with Crippen molar-refractivity contribution in [1.29, 1.82) is 0 Å². The van der Waals surface area contributed by atoms with E-state index in [-0.39, 0.29) is 6.09 Å². The van der Waals surface area contributed by atoms with Crippen molar-refractivity contribution in [2.75, 3.05) is 19.7 Å². The standard InChI is InChI=1S/C12H22N2O2/c13-7-10-8-14(12(15)16-9-10)11-5-3-1-2-4-6-11/h10-11H,1-9,13H2. The van der Waals surface area contributed by atoms with Gasteiger partial charge in [-0.1, -0.05) is 25.7 Å². The first-order valence-corrected chi connectivity index (χ1v) is 6.44. The Morgan fingerprint density at radius 1 is 1.25 bits per heavy atom. The Morgan fingerprint density at radius 3 is 2.56 bits per heavy atom. The second-order valence-electron chi connectivity index (χ2n) is 4.98. The minimum atomic E-state index is -0.128. The van der Waals surface area contributed by atoms with E-state index in [0.717, 1.165) is 19.4 Å². The molecule has 1 unspecified atom stereocenters. The number of hydrogen-bond donors (Lipinski definition) is 1. The smallest absolute Gasteiger partial charge is 0.410 e. The van der Waals surface area contributed by atoms with Crippen LogP contribution in [-0.2, 0) is 4.74 Å². The molecule has 1 saturated carbocycles. The van der Waals surface area contributed by atoms with E-state index in [1.165, 1.54) is 25.7 Å². The molecule has 1 amide bonds. The van der Waals surface area contributed by atoms with Gasteiger partial charge in [-0.15, -0.1) is 0 Å². The van der Waals surface area contributed by atoms with E-state index in [1.807, 2.05) is 4.90 Å². The van der Waals surface area contributed by atoms with Crippen molar-refractivity contribution >= 4 is 6.09 Å². The lowest BCUT2D eigenvalue weighted by molar-refractivity contribution is 0.0256. The first-order chi connectivity index (χ1) is 7.81. The minimum Gasteiger partial charge on any atom is -0.449 e. The number of carbonyl (C=O) groups is 1. The molecule has 0 spiro atoms. The van der Waals surface area contributed by atoms with Crippen molar-refractivity contribution in [3.63, 3.8) is 0 Å². The number of rotatable bonds is 2. The molecule has 0 aromatic rings. The predicted octanol–water partition coefficient (Wildman–Crippen LogP) is 1.74. The average molecular weight is 226 g/mol. The first-order valence-electron chi connectivity index (χ1n) is 6.44. The van der Waals surface area contributed by atoms with Crippen LogP contribution in [0.5, 0.6) is 0 Å². The molecule has 0 radical (unpaired) electrons. The summed E-state index contributed by atoms with van der Waals surface area (Å²) in [7, 11) is 0. The molecule has 1 heterocycles. The molecule has 16 heavy (non-hydrogen) atoms. The van der Waals surface area contributed by atoms with Crippen LogP contribution < -0.4 is 5.73 Å². The fraction of sp³-hybridized carbons (Fsp3) is 0.917. The summed E-state index contributed by atoms with van der Waals surface area (Å²) in [5, 5.41) is 0. The summed E-state index contributed by atoms with van der Waals surface area (Å²) in [6.07, 6.45) is 7.22. The highest BCUT2D eigenvalue weighted by molar-refractivity contribution is 5.68. The lowest BCUT2D eigenvalue weighted by Crippen LogP contribution is -2.50. The molecule has 2 aliphatic rings. The maximum Gasteiger partial charge on any atom is 0.410 e. The van der Waals surface area contributed by atoms with Gasteiger partial charge in [0.2, 0.25) is 0 Å². The van der Waals surface area contributed by atoms with Crippen LogP contribution in [-0.4, -0.2) is 36.7 Å². The van der Waals surface area contributed by atoms with Gasteiger partial charge in [-0.3, -0.25) is 0 Å². The molecule has 2 N–H and O–H groups in total. The molecule has 0 aromatic carbocycles. The first kappa shape index (κ1) is 11.7. The molecule has 2 fully saturated rings. The summed E-state index contributed by atoms with van der Waals surface area (Å²) >= 11 is 0. The normalized spacial score (nSPS) is 28.7. The molecule has 4 nitrogen and oxygen atoms in total. The van der Waals surface area contributed by atoms with Gasteiger partial charge in [-0.2, -0.15) is 0 Å². The zero-order chi connectivity index (χ0) is 11.4. The third-order valence-electron chi connectivity index (χ3n) is 3.73. The number of ether oxygens (including phenoxy) is 1. The summed E-state index contributed by atoms with van der Waals surface area (Å²) in [6, 6.07) is 0.393. The topological polar surface area (TPSA) is 55.6 Å².